The van der Waals surface area contributed by atoms with Crippen LogP contribution in [0.3, 0.4) is 0 Å². The number of ether oxygens (including phenoxy) is 1. The fourth-order valence-electron chi connectivity index (χ4n) is 5.64. The van der Waals surface area contributed by atoms with Crippen LogP contribution in [0.25, 0.3) is 5.57 Å². The summed E-state index contributed by atoms with van der Waals surface area (Å²) < 4.78 is 6.01. The first-order valence-electron chi connectivity index (χ1n) is 14.6. The molecule has 1 aliphatic heterocycles. The fourth-order valence-corrected chi connectivity index (χ4v) is 5.64. The molecule has 2 aromatic carbocycles. The van der Waals surface area contributed by atoms with Gasteiger partial charge in [-0.2, -0.15) is 0 Å². The largest absolute Gasteiger partial charge is 0.489 e. The highest BCUT2D eigenvalue weighted by Gasteiger charge is 2.26. The van der Waals surface area contributed by atoms with Crippen LogP contribution in [0.5, 0.6) is 5.75 Å². The number of nitrogens with zero attached hydrogens (tertiary/aromatic N) is 3. The number of anilines is 1. The number of aryl methyl sites for hydroxylation is 2. The van der Waals surface area contributed by atoms with Crippen molar-refractivity contribution in [2.24, 2.45) is 10.9 Å². The predicted molar refractivity (Wildman–Crippen MR) is 169 cm³/mol. The van der Waals surface area contributed by atoms with Crippen molar-refractivity contribution in [3.63, 3.8) is 0 Å². The minimum Gasteiger partial charge on any atom is -0.489 e. The van der Waals surface area contributed by atoms with Crippen molar-refractivity contribution in [2.75, 3.05) is 44.7 Å². The number of fused-ring (bicyclic) bond motifs is 1. The summed E-state index contributed by atoms with van der Waals surface area (Å²) in [5, 5.41) is 0. The summed E-state index contributed by atoms with van der Waals surface area (Å²) in [4.78, 5) is 21.0. The topological polar surface area (TPSA) is 45.1 Å². The Kier molecular flexibility index (Phi) is 10.2. The number of aliphatic imine (C=N–C) groups is 1. The Bertz CT molecular complexity index is 1300. The van der Waals surface area contributed by atoms with E-state index in [1.54, 1.807) is 14.0 Å². The molecule has 212 valence electrons. The van der Waals surface area contributed by atoms with E-state index >= 15 is 0 Å². The third kappa shape index (κ3) is 7.60. The Labute approximate surface area is 240 Å². The van der Waals surface area contributed by atoms with Gasteiger partial charge in [-0.3, -0.25) is 14.7 Å². The van der Waals surface area contributed by atoms with Crippen LogP contribution in [-0.2, 0) is 11.2 Å². The first kappa shape index (κ1) is 29.5. The van der Waals surface area contributed by atoms with E-state index in [9.17, 15) is 4.79 Å². The van der Waals surface area contributed by atoms with Crippen LogP contribution in [0.2, 0.25) is 0 Å². The molecule has 5 rings (SSSR count). The molecule has 3 aliphatic rings. The van der Waals surface area contributed by atoms with Gasteiger partial charge in [0.25, 0.3) is 0 Å². The Morgan fingerprint density at radius 2 is 1.80 bits per heavy atom. The molecule has 1 heterocycles. The molecule has 5 nitrogen and oxygen atoms in total. The van der Waals surface area contributed by atoms with Gasteiger partial charge in [-0.1, -0.05) is 60.7 Å². The molecule has 40 heavy (non-hydrogen) atoms. The first-order chi connectivity index (χ1) is 19.2. The lowest BCUT2D eigenvalue weighted by Crippen LogP contribution is -2.48. The van der Waals surface area contributed by atoms with Gasteiger partial charge < -0.3 is 9.64 Å². The van der Waals surface area contributed by atoms with Crippen LogP contribution in [-0.4, -0.2) is 62.3 Å². The van der Waals surface area contributed by atoms with E-state index in [1.807, 2.05) is 6.07 Å². The van der Waals surface area contributed by atoms with Gasteiger partial charge >= 0.3 is 0 Å². The maximum absolute atomic E-state index is 11.8. The summed E-state index contributed by atoms with van der Waals surface area (Å²) in [7, 11) is 1.72. The lowest BCUT2D eigenvalue weighted by atomic mass is 9.87. The summed E-state index contributed by atoms with van der Waals surface area (Å²) in [6.45, 7) is 16.8. The van der Waals surface area contributed by atoms with Crippen LogP contribution in [0.4, 0.5) is 5.69 Å². The lowest BCUT2D eigenvalue weighted by molar-refractivity contribution is -0.111. The highest BCUT2D eigenvalue weighted by Crippen LogP contribution is 2.32. The zero-order valence-electron chi connectivity index (χ0n) is 25.0. The Morgan fingerprint density at radius 3 is 2.42 bits per heavy atom. The number of allylic oxidation sites excluding steroid dienone is 4. The number of carbonyl (C=O) groups excluding carboxylic acids is 1. The lowest BCUT2D eigenvalue weighted by Gasteiger charge is -2.38. The molecule has 0 spiro atoms. The molecule has 0 aromatic heterocycles. The number of rotatable bonds is 9. The SMILES string of the molecule is C=C1CCc2cc(C)ccc21.CN=C(CC(CN1CCN(c2ccccc2OC(C)C)CC1)C1=CC=C1)C(C)=O. The average molecular weight is 540 g/mol. The minimum absolute atomic E-state index is 0.0768. The first-order valence-corrected chi connectivity index (χ1v) is 14.6. The van der Waals surface area contributed by atoms with Gasteiger partial charge in [0.05, 0.1) is 17.5 Å². The summed E-state index contributed by atoms with van der Waals surface area (Å²) in [6, 6.07) is 14.9. The number of piperazine rings is 1. The van der Waals surface area contributed by atoms with Gasteiger partial charge in [-0.05, 0) is 68.0 Å². The van der Waals surface area contributed by atoms with E-state index in [0.717, 1.165) is 44.9 Å². The zero-order chi connectivity index (χ0) is 28.6. The van der Waals surface area contributed by atoms with Crippen LogP contribution in [0.1, 0.15) is 50.3 Å². The fraction of sp³-hybridized carbons (Fsp3) is 0.429. The molecule has 1 atom stereocenters. The van der Waals surface area contributed by atoms with Gasteiger partial charge in [-0.15, -0.1) is 0 Å². The van der Waals surface area contributed by atoms with Gasteiger partial charge in [-0.25, -0.2) is 0 Å². The number of Topliss-reactive ketones (excluding diaryl/α,β-unsaturated/α-hetero) is 1. The normalized spacial score (nSPS) is 17.6. The van der Waals surface area contributed by atoms with E-state index in [-0.39, 0.29) is 11.9 Å². The quantitative estimate of drug-likeness (QED) is 0.332. The van der Waals surface area contributed by atoms with Crippen molar-refractivity contribution in [2.45, 2.75) is 53.1 Å². The number of carbonyl (C=O) groups is 1. The standard InChI is InChI=1S/C24H33N3O2.C11H12/c1-18(2)29-24-11-6-5-10-23(24)27-14-12-26(13-15-27)17-21(20-8-7-9-20)16-22(25-4)19(3)28;1-8-3-6-11-9(2)4-5-10(11)7-8/h5-11,18,21H,12-17H2,1-4H3;3,6-7H,2,4-5H2,1H3. The molecule has 1 saturated heterocycles. The molecular formula is C35H45N3O2. The number of hydrogen-bond acceptors (Lipinski definition) is 5. The zero-order valence-corrected chi connectivity index (χ0v) is 25.0. The summed E-state index contributed by atoms with van der Waals surface area (Å²) in [5.74, 6) is 1.36. The second kappa shape index (κ2) is 13.8. The predicted octanol–water partition coefficient (Wildman–Crippen LogP) is 6.71. The molecule has 0 saturated carbocycles. The monoisotopic (exact) mass is 539 g/mol. The smallest absolute Gasteiger partial charge is 0.173 e. The second-order valence-electron chi connectivity index (χ2n) is 11.3. The van der Waals surface area contributed by atoms with E-state index in [0.29, 0.717) is 18.1 Å². The Hall–Kier alpha value is -3.44. The second-order valence-corrected chi connectivity index (χ2v) is 11.3. The third-order valence-corrected chi connectivity index (χ3v) is 7.92. The number of benzene rings is 2. The maximum atomic E-state index is 11.8. The molecule has 0 amide bonds. The molecule has 1 fully saturated rings. The van der Waals surface area contributed by atoms with Crippen LogP contribution >= 0.6 is 0 Å². The van der Waals surface area contributed by atoms with E-state index in [2.05, 4.69) is 96.8 Å². The summed E-state index contributed by atoms with van der Waals surface area (Å²) >= 11 is 0. The van der Waals surface area contributed by atoms with E-state index < -0.39 is 0 Å². The van der Waals surface area contributed by atoms with Crippen molar-refractivity contribution < 1.29 is 9.53 Å². The van der Waals surface area contributed by atoms with Gasteiger partial charge in [0.15, 0.2) is 5.78 Å². The third-order valence-electron chi connectivity index (χ3n) is 7.92. The van der Waals surface area contributed by atoms with Gasteiger partial charge in [0.2, 0.25) is 0 Å². The number of hydrogen-bond donors (Lipinski definition) is 0. The number of para-hydroxylation sites is 2. The average Bonchev–Trinajstić information content (AvgIpc) is 3.26. The van der Waals surface area contributed by atoms with Gasteiger partial charge in [0.1, 0.15) is 5.75 Å². The molecule has 1 unspecified atom stereocenters. The van der Waals surface area contributed by atoms with Crippen molar-refractivity contribution in [3.8, 4) is 5.75 Å². The van der Waals surface area contributed by atoms with Crippen molar-refractivity contribution in [1.29, 1.82) is 0 Å². The van der Waals surface area contributed by atoms with Crippen molar-refractivity contribution >= 4 is 22.8 Å². The highest BCUT2D eigenvalue weighted by molar-refractivity contribution is 6.39. The molecule has 0 N–H and O–H groups in total. The highest BCUT2D eigenvalue weighted by atomic mass is 16.5. The van der Waals surface area contributed by atoms with Crippen LogP contribution in [0, 0.1) is 12.8 Å². The van der Waals surface area contributed by atoms with E-state index in [1.165, 1.54) is 39.9 Å². The summed E-state index contributed by atoms with van der Waals surface area (Å²) in [6.07, 6.45) is 9.61. The van der Waals surface area contributed by atoms with Crippen LogP contribution in [0.15, 0.2) is 77.8 Å². The van der Waals surface area contributed by atoms with Crippen molar-refractivity contribution in [1.82, 2.24) is 4.90 Å². The molecule has 0 radical (unpaired) electrons. The molecular weight excluding hydrogens is 494 g/mol. The molecule has 2 aliphatic carbocycles. The van der Waals surface area contributed by atoms with E-state index in [4.69, 9.17) is 4.74 Å². The maximum Gasteiger partial charge on any atom is 0.173 e. The molecule has 5 heteroatoms. The van der Waals surface area contributed by atoms with Crippen LogP contribution < -0.4 is 9.64 Å². The number of ketones is 1. The van der Waals surface area contributed by atoms with Gasteiger partial charge in [0, 0.05) is 59.0 Å². The van der Waals surface area contributed by atoms with Crippen molar-refractivity contribution in [3.05, 3.63) is 89.5 Å². The molecule has 2 aromatic rings. The Morgan fingerprint density at radius 1 is 1.07 bits per heavy atom. The summed E-state index contributed by atoms with van der Waals surface area (Å²) in [5.41, 5.74) is 8.73. The molecule has 0 bridgehead atoms. The Balaban J connectivity index is 0.000000278. The minimum atomic E-state index is 0.0768.